The van der Waals surface area contributed by atoms with Crippen LogP contribution in [0.5, 0.6) is 0 Å². The van der Waals surface area contributed by atoms with Crippen LogP contribution in [0.1, 0.15) is 37.7 Å². The quantitative estimate of drug-likeness (QED) is 0.653. The topological polar surface area (TPSA) is 37.8 Å². The second kappa shape index (κ2) is 7.29. The van der Waals surface area contributed by atoms with Crippen LogP contribution in [0.25, 0.3) is 0 Å². The second-order valence-corrected chi connectivity index (χ2v) is 5.89. The zero-order chi connectivity index (χ0) is 15.2. The molecule has 0 amide bonds. The zero-order valence-corrected chi connectivity index (χ0v) is 13.1. The summed E-state index contributed by atoms with van der Waals surface area (Å²) in [5, 5.41) is 3.48. The molecular weight excluding hydrogens is 294 g/mol. The van der Waals surface area contributed by atoms with Crippen molar-refractivity contribution in [1.82, 2.24) is 9.97 Å². The van der Waals surface area contributed by atoms with Crippen molar-refractivity contribution in [2.24, 2.45) is 5.92 Å². The Morgan fingerprint density at radius 1 is 1.18 bits per heavy atom. The normalized spacial score (nSPS) is 14.4. The Morgan fingerprint density at radius 3 is 2.73 bits per heavy atom. The Balaban J connectivity index is 1.77. The van der Waals surface area contributed by atoms with E-state index in [-0.39, 0.29) is 5.28 Å². The van der Waals surface area contributed by atoms with Crippen molar-refractivity contribution in [2.75, 3.05) is 5.32 Å². The van der Waals surface area contributed by atoms with Gasteiger partial charge in [-0.05, 0) is 42.5 Å². The fourth-order valence-corrected chi connectivity index (χ4v) is 2.84. The number of para-hydroxylation sites is 1. The van der Waals surface area contributed by atoms with Gasteiger partial charge < -0.3 is 5.32 Å². The lowest BCUT2D eigenvalue weighted by Crippen LogP contribution is -1.99. The molecule has 0 bridgehead atoms. The first-order chi connectivity index (χ1) is 10.8. The van der Waals surface area contributed by atoms with Gasteiger partial charge in [0.15, 0.2) is 5.82 Å². The average molecular weight is 312 g/mol. The highest BCUT2D eigenvalue weighted by Gasteiger charge is 2.13. The maximum absolute atomic E-state index is 5.91. The lowest BCUT2D eigenvalue weighted by molar-refractivity contribution is 0.567. The van der Waals surface area contributed by atoms with Gasteiger partial charge >= 0.3 is 0 Å². The van der Waals surface area contributed by atoms with Crippen LogP contribution in [0, 0.1) is 17.8 Å². The van der Waals surface area contributed by atoms with Crippen LogP contribution in [-0.2, 0) is 0 Å². The minimum atomic E-state index is 0.222. The molecular formula is C18H18ClN3. The van der Waals surface area contributed by atoms with Gasteiger partial charge in [-0.2, -0.15) is 4.98 Å². The molecule has 4 heteroatoms. The van der Waals surface area contributed by atoms with Gasteiger partial charge in [0, 0.05) is 18.3 Å². The Labute approximate surface area is 136 Å². The molecule has 112 valence electrons. The van der Waals surface area contributed by atoms with Gasteiger partial charge in [0.25, 0.3) is 0 Å². The number of benzene rings is 1. The molecule has 2 aromatic rings. The molecule has 0 aliphatic heterocycles. The summed E-state index contributed by atoms with van der Waals surface area (Å²) in [5.74, 6) is 7.88. The largest absolute Gasteiger partial charge is 0.339 e. The zero-order valence-electron chi connectivity index (χ0n) is 12.3. The number of rotatable bonds is 3. The molecule has 1 N–H and O–H groups in total. The average Bonchev–Trinajstić information content (AvgIpc) is 3.04. The summed E-state index contributed by atoms with van der Waals surface area (Å²) in [6.45, 7) is 0. The maximum atomic E-state index is 5.91. The monoisotopic (exact) mass is 311 g/mol. The smallest absolute Gasteiger partial charge is 0.224 e. The molecule has 1 aliphatic carbocycles. The van der Waals surface area contributed by atoms with E-state index in [1.165, 1.54) is 25.7 Å². The van der Waals surface area contributed by atoms with Crippen molar-refractivity contribution in [3.05, 3.63) is 47.4 Å². The van der Waals surface area contributed by atoms with Crippen LogP contribution >= 0.6 is 11.6 Å². The Kier molecular flexibility index (Phi) is 4.92. The van der Waals surface area contributed by atoms with Crippen LogP contribution in [-0.4, -0.2) is 9.97 Å². The van der Waals surface area contributed by atoms with Gasteiger partial charge in [-0.15, -0.1) is 0 Å². The molecule has 1 aromatic carbocycles. The van der Waals surface area contributed by atoms with Crippen molar-refractivity contribution < 1.29 is 0 Å². The number of hydrogen-bond acceptors (Lipinski definition) is 3. The summed E-state index contributed by atoms with van der Waals surface area (Å²) >= 11 is 5.91. The molecule has 3 nitrogen and oxygen atoms in total. The van der Waals surface area contributed by atoms with Crippen molar-refractivity contribution in [3.8, 4) is 11.8 Å². The van der Waals surface area contributed by atoms with Crippen LogP contribution in [0.4, 0.5) is 11.5 Å². The molecule has 1 saturated carbocycles. The molecule has 1 aliphatic rings. The van der Waals surface area contributed by atoms with E-state index in [0.29, 0.717) is 5.82 Å². The molecule has 3 rings (SSSR count). The first kappa shape index (κ1) is 14.9. The number of nitrogens with one attached hydrogen (secondary N) is 1. The third kappa shape index (κ3) is 3.99. The van der Waals surface area contributed by atoms with Crippen molar-refractivity contribution in [3.63, 3.8) is 0 Å². The SMILES string of the molecule is Clc1ncc(C#CCC2CCCC2)c(Nc2ccccc2)n1. The molecule has 0 saturated heterocycles. The van der Waals surface area contributed by atoms with Crippen molar-refractivity contribution >= 4 is 23.1 Å². The van der Waals surface area contributed by atoms with Gasteiger partial charge in [-0.3, -0.25) is 0 Å². The highest BCUT2D eigenvalue weighted by molar-refractivity contribution is 6.28. The summed E-state index contributed by atoms with van der Waals surface area (Å²) in [5.41, 5.74) is 1.74. The minimum Gasteiger partial charge on any atom is -0.339 e. The van der Waals surface area contributed by atoms with E-state index in [2.05, 4.69) is 27.1 Å². The standard InChI is InChI=1S/C18H18ClN3/c19-18-20-13-15(10-6-9-14-7-4-5-8-14)17(22-18)21-16-11-2-1-3-12-16/h1-3,11-14H,4-5,7-9H2,(H,20,21,22). The summed E-state index contributed by atoms with van der Waals surface area (Å²) < 4.78 is 0. The molecule has 0 unspecified atom stereocenters. The summed E-state index contributed by atoms with van der Waals surface area (Å²) in [6.07, 6.45) is 7.94. The van der Waals surface area contributed by atoms with Gasteiger partial charge in [0.1, 0.15) is 0 Å². The molecule has 0 spiro atoms. The number of hydrogen-bond donors (Lipinski definition) is 1. The second-order valence-electron chi connectivity index (χ2n) is 5.55. The highest BCUT2D eigenvalue weighted by Crippen LogP contribution is 2.27. The third-order valence-corrected chi connectivity index (χ3v) is 4.07. The molecule has 1 heterocycles. The number of aromatic nitrogens is 2. The highest BCUT2D eigenvalue weighted by atomic mass is 35.5. The number of nitrogens with zero attached hydrogens (tertiary/aromatic N) is 2. The first-order valence-electron chi connectivity index (χ1n) is 7.65. The fourth-order valence-electron chi connectivity index (χ4n) is 2.71. The van der Waals surface area contributed by atoms with Gasteiger partial charge in [0.2, 0.25) is 5.28 Å². The maximum Gasteiger partial charge on any atom is 0.224 e. The number of halogens is 1. The van der Waals surface area contributed by atoms with Crippen molar-refractivity contribution in [1.29, 1.82) is 0 Å². The third-order valence-electron chi connectivity index (χ3n) is 3.88. The van der Waals surface area contributed by atoms with Gasteiger partial charge in [-0.1, -0.05) is 42.9 Å². The van der Waals surface area contributed by atoms with Crippen molar-refractivity contribution in [2.45, 2.75) is 32.1 Å². The van der Waals surface area contributed by atoms with E-state index in [0.717, 1.165) is 23.6 Å². The van der Waals surface area contributed by atoms with Crippen LogP contribution in [0.15, 0.2) is 36.5 Å². The van der Waals surface area contributed by atoms with E-state index in [9.17, 15) is 0 Å². The minimum absolute atomic E-state index is 0.222. The van der Waals surface area contributed by atoms with E-state index in [1.807, 2.05) is 30.3 Å². The molecule has 1 fully saturated rings. The molecule has 1 aromatic heterocycles. The Hall–Kier alpha value is -2.05. The molecule has 0 atom stereocenters. The molecule has 0 radical (unpaired) electrons. The van der Waals surface area contributed by atoms with Gasteiger partial charge in [0.05, 0.1) is 5.56 Å². The lowest BCUT2D eigenvalue weighted by Gasteiger charge is -2.07. The van der Waals surface area contributed by atoms with E-state index < -0.39 is 0 Å². The Morgan fingerprint density at radius 2 is 1.95 bits per heavy atom. The van der Waals surface area contributed by atoms with Crippen LogP contribution < -0.4 is 5.32 Å². The number of anilines is 2. The van der Waals surface area contributed by atoms with E-state index in [4.69, 9.17) is 11.6 Å². The molecule has 22 heavy (non-hydrogen) atoms. The first-order valence-corrected chi connectivity index (χ1v) is 8.02. The predicted molar refractivity (Wildman–Crippen MR) is 90.2 cm³/mol. The lowest BCUT2D eigenvalue weighted by atomic mass is 10.0. The Bertz CT molecular complexity index is 682. The predicted octanol–water partition coefficient (Wildman–Crippen LogP) is 4.81. The van der Waals surface area contributed by atoms with E-state index >= 15 is 0 Å². The van der Waals surface area contributed by atoms with Gasteiger partial charge in [-0.25, -0.2) is 4.98 Å². The van der Waals surface area contributed by atoms with Crippen LogP contribution in [0.2, 0.25) is 5.28 Å². The summed E-state index contributed by atoms with van der Waals surface area (Å²) in [4.78, 5) is 8.30. The fraction of sp³-hybridized carbons (Fsp3) is 0.333. The summed E-state index contributed by atoms with van der Waals surface area (Å²) in [7, 11) is 0. The van der Waals surface area contributed by atoms with E-state index in [1.54, 1.807) is 6.20 Å². The summed E-state index contributed by atoms with van der Waals surface area (Å²) in [6, 6.07) is 9.87. The van der Waals surface area contributed by atoms with Crippen LogP contribution in [0.3, 0.4) is 0 Å².